The number of amides is 1. The largest absolute Gasteiger partial charge is 0.289 e. The first-order valence-corrected chi connectivity index (χ1v) is 8.26. The van der Waals surface area contributed by atoms with Crippen molar-refractivity contribution < 1.29 is 4.79 Å². The average Bonchev–Trinajstić information content (AvgIpc) is 3.07. The number of nitrogens with zero attached hydrogens (tertiary/aromatic N) is 2. The maximum Gasteiger partial charge on any atom is 0.289 e. The lowest BCUT2D eigenvalue weighted by Gasteiger charge is -1.99. The number of hydrogen-bond donors (Lipinski definition) is 2. The molecule has 2 aromatic carbocycles. The molecule has 0 radical (unpaired) electrons. The topological polar surface area (TPSA) is 70.1 Å². The van der Waals surface area contributed by atoms with Crippen molar-refractivity contribution in [2.45, 2.75) is 0 Å². The molecule has 25 heavy (non-hydrogen) atoms. The van der Waals surface area contributed by atoms with Gasteiger partial charge in [0, 0.05) is 21.2 Å². The first kappa shape index (κ1) is 17.5. The maximum atomic E-state index is 12.1. The van der Waals surface area contributed by atoms with Crippen molar-refractivity contribution in [1.82, 2.24) is 15.6 Å². The number of aromatic nitrogens is 2. The number of benzene rings is 2. The summed E-state index contributed by atoms with van der Waals surface area (Å²) in [6.07, 6.45) is 1.44. The molecule has 3 aromatic rings. The van der Waals surface area contributed by atoms with Crippen LogP contribution in [0.15, 0.2) is 53.6 Å². The van der Waals surface area contributed by atoms with Gasteiger partial charge in [0.15, 0.2) is 0 Å². The van der Waals surface area contributed by atoms with Crippen LogP contribution < -0.4 is 5.43 Å². The average molecular weight is 394 g/mol. The number of aromatic amines is 1. The van der Waals surface area contributed by atoms with E-state index < -0.39 is 5.91 Å². The lowest BCUT2D eigenvalue weighted by molar-refractivity contribution is 0.0950. The van der Waals surface area contributed by atoms with E-state index in [-0.39, 0.29) is 5.69 Å². The second-order valence-electron chi connectivity index (χ2n) is 5.04. The van der Waals surface area contributed by atoms with E-state index >= 15 is 0 Å². The molecular weight excluding hydrogens is 383 g/mol. The molecule has 1 aromatic heterocycles. The zero-order chi connectivity index (χ0) is 17.8. The van der Waals surface area contributed by atoms with Gasteiger partial charge >= 0.3 is 0 Å². The zero-order valence-corrected chi connectivity index (χ0v) is 14.9. The van der Waals surface area contributed by atoms with Crippen LogP contribution in [0, 0.1) is 0 Å². The van der Waals surface area contributed by atoms with Gasteiger partial charge in [-0.05, 0) is 30.3 Å². The number of carbonyl (C=O) groups excluding carboxylic acids is 1. The summed E-state index contributed by atoms with van der Waals surface area (Å²) in [6, 6.07) is 13.8. The fourth-order valence-electron chi connectivity index (χ4n) is 2.03. The number of rotatable bonds is 4. The zero-order valence-electron chi connectivity index (χ0n) is 12.6. The molecule has 0 spiro atoms. The minimum atomic E-state index is -0.422. The van der Waals surface area contributed by atoms with Gasteiger partial charge in [-0.15, -0.1) is 0 Å². The highest BCUT2D eigenvalue weighted by molar-refractivity contribution is 6.36. The molecule has 0 saturated heterocycles. The van der Waals surface area contributed by atoms with Gasteiger partial charge in [-0.2, -0.15) is 10.2 Å². The SMILES string of the molecule is O=C(N/N=C/c1ccc(Cl)cc1Cl)c1cc(-c2ccc(Cl)cc2)n[nH]1. The third-order valence-electron chi connectivity index (χ3n) is 3.29. The van der Waals surface area contributed by atoms with Gasteiger partial charge < -0.3 is 0 Å². The van der Waals surface area contributed by atoms with Gasteiger partial charge in [0.25, 0.3) is 5.91 Å². The first-order valence-electron chi connectivity index (χ1n) is 7.13. The van der Waals surface area contributed by atoms with E-state index in [9.17, 15) is 4.79 Å². The Morgan fingerprint density at radius 2 is 1.76 bits per heavy atom. The second kappa shape index (κ2) is 7.70. The molecular formula is C17H11Cl3N4O. The Balaban J connectivity index is 1.67. The summed E-state index contributed by atoms with van der Waals surface area (Å²) >= 11 is 17.7. The third kappa shape index (κ3) is 4.39. The summed E-state index contributed by atoms with van der Waals surface area (Å²) in [5.41, 5.74) is 4.80. The minimum Gasteiger partial charge on any atom is -0.272 e. The fourth-order valence-corrected chi connectivity index (χ4v) is 2.62. The Morgan fingerprint density at radius 3 is 2.48 bits per heavy atom. The maximum absolute atomic E-state index is 12.1. The van der Waals surface area contributed by atoms with Crippen LogP contribution in [0.1, 0.15) is 16.1 Å². The van der Waals surface area contributed by atoms with Crippen molar-refractivity contribution in [3.63, 3.8) is 0 Å². The van der Waals surface area contributed by atoms with Crippen molar-refractivity contribution in [2.75, 3.05) is 0 Å². The molecule has 126 valence electrons. The summed E-state index contributed by atoms with van der Waals surface area (Å²) in [5.74, 6) is -0.422. The van der Waals surface area contributed by atoms with Crippen molar-refractivity contribution in [1.29, 1.82) is 0 Å². The van der Waals surface area contributed by atoms with Crippen LogP contribution in [-0.4, -0.2) is 22.3 Å². The summed E-state index contributed by atoms with van der Waals surface area (Å²) < 4.78 is 0. The van der Waals surface area contributed by atoms with Crippen LogP contribution in [0.25, 0.3) is 11.3 Å². The highest BCUT2D eigenvalue weighted by Gasteiger charge is 2.10. The van der Waals surface area contributed by atoms with E-state index in [1.165, 1.54) is 6.21 Å². The predicted molar refractivity (Wildman–Crippen MR) is 101 cm³/mol. The fraction of sp³-hybridized carbons (Fsp3) is 0. The molecule has 8 heteroatoms. The summed E-state index contributed by atoms with van der Waals surface area (Å²) in [6.45, 7) is 0. The Labute approximate surface area is 158 Å². The highest BCUT2D eigenvalue weighted by atomic mass is 35.5. The third-order valence-corrected chi connectivity index (χ3v) is 4.11. The van der Waals surface area contributed by atoms with Crippen LogP contribution in [0.3, 0.4) is 0 Å². The first-order chi connectivity index (χ1) is 12.0. The molecule has 0 atom stereocenters. The Bertz CT molecular complexity index is 935. The molecule has 0 bridgehead atoms. The Morgan fingerprint density at radius 1 is 1.04 bits per heavy atom. The number of H-pyrrole nitrogens is 1. The van der Waals surface area contributed by atoms with Crippen LogP contribution in [0.4, 0.5) is 0 Å². The Kier molecular flexibility index (Phi) is 5.38. The molecule has 0 unspecified atom stereocenters. The number of carbonyl (C=O) groups is 1. The Hall–Kier alpha value is -2.34. The number of hydrazone groups is 1. The monoisotopic (exact) mass is 392 g/mol. The van der Waals surface area contributed by atoms with E-state index in [0.717, 1.165) is 5.56 Å². The van der Waals surface area contributed by atoms with Gasteiger partial charge in [-0.25, -0.2) is 5.43 Å². The molecule has 0 fully saturated rings. The van der Waals surface area contributed by atoms with Gasteiger partial charge in [0.2, 0.25) is 0 Å². The highest BCUT2D eigenvalue weighted by Crippen LogP contribution is 2.20. The number of hydrogen-bond acceptors (Lipinski definition) is 3. The number of nitrogens with one attached hydrogen (secondary N) is 2. The van der Waals surface area contributed by atoms with Gasteiger partial charge in [-0.3, -0.25) is 9.89 Å². The van der Waals surface area contributed by atoms with Crippen LogP contribution in [0.2, 0.25) is 15.1 Å². The molecule has 0 aliphatic rings. The summed E-state index contributed by atoms with van der Waals surface area (Å²) in [4.78, 5) is 12.1. The molecule has 3 rings (SSSR count). The van der Waals surface area contributed by atoms with E-state index in [2.05, 4.69) is 20.7 Å². The molecule has 0 saturated carbocycles. The smallest absolute Gasteiger partial charge is 0.272 e. The van der Waals surface area contributed by atoms with E-state index in [1.54, 1.807) is 36.4 Å². The van der Waals surface area contributed by atoms with Gasteiger partial charge in [0.05, 0.1) is 16.9 Å². The second-order valence-corrected chi connectivity index (χ2v) is 6.32. The molecule has 0 aliphatic heterocycles. The predicted octanol–water partition coefficient (Wildman–Crippen LogP) is 4.80. The van der Waals surface area contributed by atoms with E-state index in [4.69, 9.17) is 34.8 Å². The van der Waals surface area contributed by atoms with Crippen molar-refractivity contribution in [2.24, 2.45) is 5.10 Å². The van der Waals surface area contributed by atoms with Crippen LogP contribution >= 0.6 is 34.8 Å². The molecule has 1 amide bonds. The van der Waals surface area contributed by atoms with E-state index in [1.807, 2.05) is 12.1 Å². The summed E-state index contributed by atoms with van der Waals surface area (Å²) in [5, 5.41) is 12.3. The normalized spacial score (nSPS) is 11.0. The lowest BCUT2D eigenvalue weighted by atomic mass is 10.1. The standard InChI is InChI=1S/C17H11Cl3N4O/c18-12-4-1-10(2-5-12)15-8-16(23-22-15)17(25)24-21-9-11-3-6-13(19)7-14(11)20/h1-9H,(H,22,23)(H,24,25)/b21-9+. The lowest BCUT2D eigenvalue weighted by Crippen LogP contribution is -2.18. The number of halogens is 3. The molecule has 5 nitrogen and oxygen atoms in total. The minimum absolute atomic E-state index is 0.282. The van der Waals surface area contributed by atoms with Gasteiger partial charge in [0.1, 0.15) is 5.69 Å². The van der Waals surface area contributed by atoms with Crippen molar-refractivity contribution in [3.8, 4) is 11.3 Å². The van der Waals surface area contributed by atoms with Crippen LogP contribution in [-0.2, 0) is 0 Å². The molecule has 1 heterocycles. The molecule has 2 N–H and O–H groups in total. The van der Waals surface area contributed by atoms with Crippen molar-refractivity contribution >= 4 is 46.9 Å². The molecule has 0 aliphatic carbocycles. The van der Waals surface area contributed by atoms with Gasteiger partial charge in [-0.1, -0.05) is 53.0 Å². The van der Waals surface area contributed by atoms with E-state index in [0.29, 0.717) is 26.3 Å². The summed E-state index contributed by atoms with van der Waals surface area (Å²) in [7, 11) is 0. The van der Waals surface area contributed by atoms with Crippen LogP contribution in [0.5, 0.6) is 0 Å². The quantitative estimate of drug-likeness (QED) is 0.494. The van der Waals surface area contributed by atoms with Crippen molar-refractivity contribution in [3.05, 3.63) is 74.9 Å².